The van der Waals surface area contributed by atoms with Gasteiger partial charge in [0.15, 0.2) is 11.9 Å². The number of ketones is 1. The van der Waals surface area contributed by atoms with Gasteiger partial charge in [-0.1, -0.05) is 39.2 Å². The number of hydroxylamine groups is 1. The third-order valence-corrected chi connectivity index (χ3v) is 6.50. The average molecular weight is 408 g/mol. The number of allylic oxidation sites excluding steroid dienone is 1. The van der Waals surface area contributed by atoms with Crippen LogP contribution in [0.3, 0.4) is 0 Å². The molecule has 6 nitrogen and oxygen atoms in total. The van der Waals surface area contributed by atoms with Gasteiger partial charge in [0.25, 0.3) is 0 Å². The minimum Gasteiger partial charge on any atom is -0.453 e. The van der Waals surface area contributed by atoms with Crippen molar-refractivity contribution in [2.75, 3.05) is 0 Å². The fraction of sp³-hybridized carbons (Fsp3) is 0.783. The second-order valence-corrected chi connectivity index (χ2v) is 9.99. The van der Waals surface area contributed by atoms with Crippen LogP contribution >= 0.6 is 0 Å². The van der Waals surface area contributed by atoms with Crippen LogP contribution in [0.25, 0.3) is 0 Å². The predicted octanol–water partition coefficient (Wildman–Crippen LogP) is 4.28. The lowest BCUT2D eigenvalue weighted by Crippen LogP contribution is -2.49. The Morgan fingerprint density at radius 3 is 2.52 bits per heavy atom. The summed E-state index contributed by atoms with van der Waals surface area (Å²) in [5.74, 6) is -1.21. The van der Waals surface area contributed by atoms with Gasteiger partial charge >= 0.3 is 11.9 Å². The summed E-state index contributed by atoms with van der Waals surface area (Å²) in [6, 6.07) is -0.816. The summed E-state index contributed by atoms with van der Waals surface area (Å²) in [6.45, 7) is 13.1. The third kappa shape index (κ3) is 5.27. The molecule has 0 aromatic carbocycles. The Morgan fingerprint density at radius 2 is 1.93 bits per heavy atom. The maximum absolute atomic E-state index is 12.9. The van der Waals surface area contributed by atoms with Crippen molar-refractivity contribution in [3.8, 4) is 0 Å². The summed E-state index contributed by atoms with van der Waals surface area (Å²) in [5, 5.41) is 0. The molecule has 0 amide bonds. The molecule has 0 saturated heterocycles. The van der Waals surface area contributed by atoms with E-state index < -0.39 is 29.5 Å². The molecule has 0 radical (unpaired) electrons. The van der Waals surface area contributed by atoms with Crippen molar-refractivity contribution in [1.82, 2.24) is 5.48 Å². The van der Waals surface area contributed by atoms with Crippen LogP contribution in [0.4, 0.5) is 0 Å². The van der Waals surface area contributed by atoms with Gasteiger partial charge in [-0.3, -0.25) is 9.59 Å². The molecule has 2 aliphatic rings. The maximum atomic E-state index is 12.9. The highest BCUT2D eigenvalue weighted by Gasteiger charge is 2.45. The van der Waals surface area contributed by atoms with Crippen LogP contribution in [0, 0.1) is 16.7 Å². The van der Waals surface area contributed by atoms with Crippen molar-refractivity contribution < 1.29 is 24.0 Å². The number of carbonyl (C=O) groups excluding carboxylic acids is 3. The van der Waals surface area contributed by atoms with E-state index in [2.05, 4.69) is 12.4 Å². The summed E-state index contributed by atoms with van der Waals surface area (Å²) >= 11 is 0. The zero-order chi connectivity index (χ0) is 22.0. The smallest absolute Gasteiger partial charge is 0.330 e. The molecule has 164 valence electrons. The molecule has 4 atom stereocenters. The third-order valence-electron chi connectivity index (χ3n) is 6.50. The fourth-order valence-electron chi connectivity index (χ4n) is 4.24. The zero-order valence-corrected chi connectivity index (χ0v) is 19.0. The molecule has 2 unspecified atom stereocenters. The molecule has 1 N–H and O–H groups in total. The highest BCUT2D eigenvalue weighted by atomic mass is 16.7. The SMILES string of the molecule is CCC(C)C(NOC(=O)C(C)(C)C)C(=O)O[C@@H]1C[C@]2(C)CCCCC2=C(C)C1=O. The monoisotopic (exact) mass is 407 g/mol. The van der Waals surface area contributed by atoms with Gasteiger partial charge in [-0.2, -0.15) is 0 Å². The molecule has 1 saturated carbocycles. The molecule has 0 aliphatic heterocycles. The summed E-state index contributed by atoms with van der Waals surface area (Å²) in [5.41, 5.74) is 3.82. The van der Waals surface area contributed by atoms with Crippen LogP contribution in [-0.4, -0.2) is 29.9 Å². The second kappa shape index (κ2) is 8.99. The van der Waals surface area contributed by atoms with E-state index in [-0.39, 0.29) is 17.1 Å². The summed E-state index contributed by atoms with van der Waals surface area (Å²) in [6.07, 6.45) is 4.65. The number of hydrogen-bond acceptors (Lipinski definition) is 6. The van der Waals surface area contributed by atoms with Crippen LogP contribution in [0.1, 0.15) is 87.0 Å². The predicted molar refractivity (Wildman–Crippen MR) is 111 cm³/mol. The van der Waals surface area contributed by atoms with Gasteiger partial charge in [0.2, 0.25) is 0 Å². The molecular weight excluding hydrogens is 370 g/mol. The van der Waals surface area contributed by atoms with E-state index in [0.717, 1.165) is 31.3 Å². The summed E-state index contributed by atoms with van der Waals surface area (Å²) in [7, 11) is 0. The molecule has 0 heterocycles. The number of esters is 1. The van der Waals surface area contributed by atoms with Crippen LogP contribution in [0.2, 0.25) is 0 Å². The summed E-state index contributed by atoms with van der Waals surface area (Å²) < 4.78 is 5.71. The van der Waals surface area contributed by atoms with Gasteiger partial charge in [0.05, 0.1) is 5.41 Å². The topological polar surface area (TPSA) is 81.7 Å². The molecule has 29 heavy (non-hydrogen) atoms. The van der Waals surface area contributed by atoms with E-state index in [1.54, 1.807) is 20.8 Å². The van der Waals surface area contributed by atoms with Gasteiger partial charge in [-0.05, 0) is 63.9 Å². The normalized spacial score (nSPS) is 27.1. The van der Waals surface area contributed by atoms with Gasteiger partial charge < -0.3 is 9.57 Å². The van der Waals surface area contributed by atoms with Crippen molar-refractivity contribution in [3.05, 3.63) is 11.1 Å². The van der Waals surface area contributed by atoms with E-state index in [1.807, 2.05) is 20.8 Å². The van der Waals surface area contributed by atoms with E-state index in [0.29, 0.717) is 12.8 Å². The number of nitrogens with one attached hydrogen (secondary N) is 1. The highest BCUT2D eigenvalue weighted by molar-refractivity contribution is 6.01. The molecular formula is C23H37NO5. The molecule has 2 rings (SSSR count). The van der Waals surface area contributed by atoms with E-state index in [4.69, 9.17) is 9.57 Å². The Labute approximate surface area is 174 Å². The van der Waals surface area contributed by atoms with Crippen molar-refractivity contribution >= 4 is 17.7 Å². The summed E-state index contributed by atoms with van der Waals surface area (Å²) in [4.78, 5) is 43.1. The molecule has 0 spiro atoms. The van der Waals surface area contributed by atoms with E-state index in [1.165, 1.54) is 5.57 Å². The molecule has 6 heteroatoms. The number of ether oxygens (including phenoxy) is 1. The number of hydrogen-bond donors (Lipinski definition) is 1. The quantitative estimate of drug-likeness (QED) is 0.523. The van der Waals surface area contributed by atoms with Crippen molar-refractivity contribution in [2.24, 2.45) is 16.7 Å². The lowest BCUT2D eigenvalue weighted by atomic mass is 9.63. The average Bonchev–Trinajstić information content (AvgIpc) is 2.64. The van der Waals surface area contributed by atoms with Gasteiger partial charge in [-0.15, -0.1) is 5.48 Å². The number of fused-ring (bicyclic) bond motifs is 1. The molecule has 0 aromatic heterocycles. The standard InChI is InChI=1S/C23H37NO5/c1-8-14(2)18(24-29-21(27)22(4,5)6)20(26)28-17-13-23(7)12-10-9-11-16(23)15(3)19(17)25/h14,17-18,24H,8-13H2,1-7H3/t14?,17-,18?,23+/m1/s1. The fourth-order valence-corrected chi connectivity index (χ4v) is 4.24. The number of rotatable bonds is 6. The van der Waals surface area contributed by atoms with Gasteiger partial charge in [0, 0.05) is 6.42 Å². The molecule has 0 aromatic rings. The number of Topliss-reactive ketones (excluding diaryl/α,β-unsaturated/α-hetero) is 1. The maximum Gasteiger partial charge on any atom is 0.330 e. The van der Waals surface area contributed by atoms with E-state index >= 15 is 0 Å². The Hall–Kier alpha value is -1.69. The van der Waals surface area contributed by atoms with Crippen LogP contribution in [0.15, 0.2) is 11.1 Å². The van der Waals surface area contributed by atoms with Crippen molar-refractivity contribution in [1.29, 1.82) is 0 Å². The second-order valence-electron chi connectivity index (χ2n) is 9.99. The molecule has 2 aliphatic carbocycles. The first kappa shape index (κ1) is 23.6. The van der Waals surface area contributed by atoms with Gasteiger partial charge in [-0.25, -0.2) is 4.79 Å². The lowest BCUT2D eigenvalue weighted by molar-refractivity contribution is -0.173. The van der Waals surface area contributed by atoms with Crippen LogP contribution < -0.4 is 5.48 Å². The van der Waals surface area contributed by atoms with Gasteiger partial charge in [0.1, 0.15) is 6.04 Å². The lowest BCUT2D eigenvalue weighted by Gasteiger charge is -2.43. The first-order chi connectivity index (χ1) is 13.4. The van der Waals surface area contributed by atoms with E-state index in [9.17, 15) is 14.4 Å². The molecule has 1 fully saturated rings. The Balaban J connectivity index is 2.13. The van der Waals surface area contributed by atoms with Crippen LogP contribution in [-0.2, 0) is 24.0 Å². The Bertz CT molecular complexity index is 690. The van der Waals surface area contributed by atoms with Crippen molar-refractivity contribution in [2.45, 2.75) is 99.1 Å². The Kier molecular flexibility index (Phi) is 7.31. The largest absolute Gasteiger partial charge is 0.453 e. The first-order valence-corrected chi connectivity index (χ1v) is 10.8. The van der Waals surface area contributed by atoms with Crippen LogP contribution in [0.5, 0.6) is 0 Å². The number of carbonyl (C=O) groups is 3. The highest BCUT2D eigenvalue weighted by Crippen LogP contribution is 2.49. The Morgan fingerprint density at radius 1 is 1.28 bits per heavy atom. The molecule has 0 bridgehead atoms. The van der Waals surface area contributed by atoms with Crippen molar-refractivity contribution in [3.63, 3.8) is 0 Å². The minimum atomic E-state index is -0.816. The zero-order valence-electron chi connectivity index (χ0n) is 19.0. The first-order valence-electron chi connectivity index (χ1n) is 10.8. The minimum absolute atomic E-state index is 0.0841.